The Morgan fingerprint density at radius 1 is 0.692 bits per heavy atom. The zero-order chi connectivity index (χ0) is 18.6. The fraction of sp³-hybridized carbons (Fsp3) is 0.200. The van der Waals surface area contributed by atoms with Crippen LogP contribution in [0.1, 0.15) is 25.7 Å². The highest BCUT2D eigenvalue weighted by Crippen LogP contribution is 2.33. The van der Waals surface area contributed by atoms with Gasteiger partial charge in [-0.3, -0.25) is 0 Å². The molecule has 0 unspecified atom stereocenters. The molecule has 0 radical (unpaired) electrons. The number of hydrogen-bond donors (Lipinski definition) is 0. The highest BCUT2D eigenvalue weighted by Gasteiger charge is 2.25. The molecular weight excluding hydrogens is 368 g/mol. The number of allylic oxidation sites excluding steroid dienone is 3. The predicted molar refractivity (Wildman–Crippen MR) is 102 cm³/mol. The normalized spacial score (nSPS) is 16.2. The molecule has 2 aromatic rings. The van der Waals surface area contributed by atoms with Gasteiger partial charge < -0.3 is 0 Å². The maximum Gasteiger partial charge on any atom is 0.203 e. The quantitative estimate of drug-likeness (QED) is 0.767. The fourth-order valence-corrected chi connectivity index (χ4v) is 5.75. The average Bonchev–Trinajstić information content (AvgIpc) is 2.68. The van der Waals surface area contributed by atoms with Crippen LogP contribution in [-0.4, -0.2) is 16.8 Å². The molecule has 0 bridgehead atoms. The lowest BCUT2D eigenvalue weighted by Gasteiger charge is -2.18. The zero-order valence-electron chi connectivity index (χ0n) is 14.2. The van der Waals surface area contributed by atoms with Crippen molar-refractivity contribution in [1.29, 1.82) is 0 Å². The Kier molecular flexibility index (Phi) is 5.44. The molecule has 0 atom stereocenters. The van der Waals surface area contributed by atoms with Crippen molar-refractivity contribution in [1.82, 2.24) is 0 Å². The SMILES string of the molecule is O=S(=O)(/C=C/C1=C(S(=O)(=O)c2ccccc2)CCCC1)c1ccccc1. The molecular formula is C20H20O4S2. The van der Waals surface area contributed by atoms with Crippen LogP contribution in [0.15, 0.2) is 92.4 Å². The van der Waals surface area contributed by atoms with Crippen LogP contribution < -0.4 is 0 Å². The average molecular weight is 389 g/mol. The van der Waals surface area contributed by atoms with Crippen LogP contribution >= 0.6 is 0 Å². The molecule has 136 valence electrons. The summed E-state index contributed by atoms with van der Waals surface area (Å²) in [5, 5.41) is 1.11. The Morgan fingerprint density at radius 2 is 1.23 bits per heavy atom. The molecule has 0 amide bonds. The summed E-state index contributed by atoms with van der Waals surface area (Å²) < 4.78 is 50.8. The first-order valence-electron chi connectivity index (χ1n) is 8.42. The topological polar surface area (TPSA) is 68.3 Å². The summed E-state index contributed by atoms with van der Waals surface area (Å²) in [5.41, 5.74) is 0.583. The lowest BCUT2D eigenvalue weighted by Crippen LogP contribution is -2.11. The summed E-state index contributed by atoms with van der Waals surface area (Å²) in [6, 6.07) is 16.4. The number of rotatable bonds is 5. The van der Waals surface area contributed by atoms with Gasteiger partial charge in [-0.05, 0) is 61.6 Å². The molecule has 3 rings (SSSR count). The number of hydrogen-bond acceptors (Lipinski definition) is 4. The fourth-order valence-electron chi connectivity index (χ4n) is 2.99. The van der Waals surface area contributed by atoms with E-state index in [0.29, 0.717) is 23.3 Å². The molecule has 0 aliphatic heterocycles. The first kappa shape index (κ1) is 18.6. The van der Waals surface area contributed by atoms with Gasteiger partial charge in [0.25, 0.3) is 0 Å². The van der Waals surface area contributed by atoms with Gasteiger partial charge in [0.2, 0.25) is 9.84 Å². The van der Waals surface area contributed by atoms with E-state index in [9.17, 15) is 16.8 Å². The highest BCUT2D eigenvalue weighted by atomic mass is 32.2. The first-order chi connectivity index (χ1) is 12.4. The van der Waals surface area contributed by atoms with Crippen LogP contribution in [0.3, 0.4) is 0 Å². The van der Waals surface area contributed by atoms with Gasteiger partial charge in [0, 0.05) is 5.41 Å². The molecule has 26 heavy (non-hydrogen) atoms. The second-order valence-electron chi connectivity index (χ2n) is 6.13. The summed E-state index contributed by atoms with van der Waals surface area (Å²) in [5.74, 6) is 0. The monoisotopic (exact) mass is 388 g/mol. The van der Waals surface area contributed by atoms with Crippen molar-refractivity contribution < 1.29 is 16.8 Å². The molecule has 0 saturated heterocycles. The maximum atomic E-state index is 13.0. The first-order valence-corrected chi connectivity index (χ1v) is 11.4. The molecule has 0 heterocycles. The summed E-state index contributed by atoms with van der Waals surface area (Å²) in [4.78, 5) is 0.767. The van der Waals surface area contributed by atoms with Gasteiger partial charge in [-0.25, -0.2) is 16.8 Å². The Labute approximate surface area is 154 Å². The summed E-state index contributed by atoms with van der Waals surface area (Å²) in [6.45, 7) is 0. The van der Waals surface area contributed by atoms with Crippen LogP contribution in [0.5, 0.6) is 0 Å². The van der Waals surface area contributed by atoms with Crippen LogP contribution in [0.25, 0.3) is 0 Å². The Morgan fingerprint density at radius 3 is 1.85 bits per heavy atom. The summed E-state index contributed by atoms with van der Waals surface area (Å²) >= 11 is 0. The van der Waals surface area contributed by atoms with E-state index in [1.165, 1.54) is 18.2 Å². The third kappa shape index (κ3) is 3.97. The van der Waals surface area contributed by atoms with Crippen LogP contribution in [0.2, 0.25) is 0 Å². The van der Waals surface area contributed by atoms with Crippen molar-refractivity contribution in [3.8, 4) is 0 Å². The molecule has 2 aromatic carbocycles. The second-order valence-corrected chi connectivity index (χ2v) is 9.94. The van der Waals surface area contributed by atoms with E-state index in [4.69, 9.17) is 0 Å². The largest absolute Gasteiger partial charge is 0.219 e. The minimum absolute atomic E-state index is 0.195. The van der Waals surface area contributed by atoms with E-state index in [2.05, 4.69) is 0 Å². The van der Waals surface area contributed by atoms with Gasteiger partial charge >= 0.3 is 0 Å². The van der Waals surface area contributed by atoms with E-state index < -0.39 is 19.7 Å². The second kappa shape index (κ2) is 7.60. The lowest BCUT2D eigenvalue weighted by molar-refractivity contribution is 0.593. The van der Waals surface area contributed by atoms with E-state index in [-0.39, 0.29) is 9.79 Å². The van der Waals surface area contributed by atoms with Crippen molar-refractivity contribution in [2.45, 2.75) is 35.5 Å². The van der Waals surface area contributed by atoms with Crippen LogP contribution in [0, 0.1) is 0 Å². The Balaban J connectivity index is 2.01. The molecule has 0 fully saturated rings. The predicted octanol–water partition coefficient (Wildman–Crippen LogP) is 4.28. The highest BCUT2D eigenvalue weighted by molar-refractivity contribution is 7.95. The van der Waals surface area contributed by atoms with Gasteiger partial charge in [-0.15, -0.1) is 0 Å². The molecule has 0 saturated carbocycles. The van der Waals surface area contributed by atoms with Crippen molar-refractivity contribution in [2.24, 2.45) is 0 Å². The van der Waals surface area contributed by atoms with Gasteiger partial charge in [-0.2, -0.15) is 0 Å². The minimum Gasteiger partial charge on any atom is -0.219 e. The maximum absolute atomic E-state index is 13.0. The molecule has 1 aliphatic carbocycles. The molecule has 0 spiro atoms. The van der Waals surface area contributed by atoms with Crippen molar-refractivity contribution in [3.05, 3.63) is 82.6 Å². The molecule has 0 aromatic heterocycles. The third-order valence-electron chi connectivity index (χ3n) is 4.36. The van der Waals surface area contributed by atoms with E-state index >= 15 is 0 Å². The zero-order valence-corrected chi connectivity index (χ0v) is 15.8. The Bertz CT molecular complexity index is 1030. The molecule has 6 heteroatoms. The standard InChI is InChI=1S/C20H20O4S2/c21-25(22,18-10-3-1-4-11-18)16-15-17-9-7-8-14-20(17)26(23,24)19-12-5-2-6-13-19/h1-6,10-13,15-16H,7-9,14H2/b16-15+. The van der Waals surface area contributed by atoms with E-state index in [0.717, 1.165) is 18.2 Å². The molecule has 0 N–H and O–H groups in total. The van der Waals surface area contributed by atoms with Gasteiger partial charge in [0.05, 0.1) is 14.7 Å². The smallest absolute Gasteiger partial charge is 0.203 e. The summed E-state index contributed by atoms with van der Waals surface area (Å²) in [7, 11) is -7.21. The van der Waals surface area contributed by atoms with Gasteiger partial charge in [-0.1, -0.05) is 36.4 Å². The van der Waals surface area contributed by atoms with E-state index in [1.54, 1.807) is 48.5 Å². The van der Waals surface area contributed by atoms with Crippen molar-refractivity contribution >= 4 is 19.7 Å². The van der Waals surface area contributed by atoms with Crippen LogP contribution in [0.4, 0.5) is 0 Å². The molecule has 4 nitrogen and oxygen atoms in total. The minimum atomic E-state index is -3.61. The van der Waals surface area contributed by atoms with Crippen molar-refractivity contribution in [3.63, 3.8) is 0 Å². The van der Waals surface area contributed by atoms with Gasteiger partial charge in [0.15, 0.2) is 9.84 Å². The van der Waals surface area contributed by atoms with E-state index in [1.807, 2.05) is 0 Å². The van der Waals surface area contributed by atoms with Crippen molar-refractivity contribution in [2.75, 3.05) is 0 Å². The third-order valence-corrected chi connectivity index (χ3v) is 7.79. The van der Waals surface area contributed by atoms with Crippen LogP contribution in [-0.2, 0) is 19.7 Å². The number of sulfone groups is 2. The Hall–Kier alpha value is -2.18. The molecule has 1 aliphatic rings. The summed E-state index contributed by atoms with van der Waals surface area (Å²) in [6.07, 6.45) is 4.07. The van der Waals surface area contributed by atoms with Gasteiger partial charge in [0.1, 0.15) is 0 Å². The number of benzene rings is 2. The lowest BCUT2D eigenvalue weighted by atomic mass is 9.99.